The van der Waals surface area contributed by atoms with Crippen molar-refractivity contribution in [2.24, 2.45) is 0 Å². The zero-order chi connectivity index (χ0) is 13.5. The van der Waals surface area contributed by atoms with Crippen LogP contribution < -0.4 is 0 Å². The minimum absolute atomic E-state index is 0.532. The third kappa shape index (κ3) is 4.10. The molecule has 0 spiro atoms. The van der Waals surface area contributed by atoms with Gasteiger partial charge in [-0.3, -0.25) is 0 Å². The highest BCUT2D eigenvalue weighted by Crippen LogP contribution is 2.23. The highest BCUT2D eigenvalue weighted by Gasteiger charge is 2.06. The zero-order valence-electron chi connectivity index (χ0n) is 11.8. The molecule has 0 amide bonds. The van der Waals surface area contributed by atoms with Crippen molar-refractivity contribution in [3.8, 4) is 0 Å². The second-order valence-corrected chi connectivity index (χ2v) is 5.10. The molecule has 0 heteroatoms. The summed E-state index contributed by atoms with van der Waals surface area (Å²) >= 11 is 0. The van der Waals surface area contributed by atoms with E-state index in [1.807, 2.05) is 0 Å². The summed E-state index contributed by atoms with van der Waals surface area (Å²) in [7, 11) is 0. The lowest BCUT2D eigenvalue weighted by Crippen LogP contribution is -1.96. The Hall–Kier alpha value is -1.82. The van der Waals surface area contributed by atoms with Gasteiger partial charge in [0.1, 0.15) is 0 Å². The van der Waals surface area contributed by atoms with Crippen LogP contribution in [0.5, 0.6) is 0 Å². The van der Waals surface area contributed by atoms with Gasteiger partial charge in [-0.15, -0.1) is 0 Å². The van der Waals surface area contributed by atoms with Crippen molar-refractivity contribution >= 4 is 0 Å². The van der Waals surface area contributed by atoms with Gasteiger partial charge < -0.3 is 0 Å². The van der Waals surface area contributed by atoms with Gasteiger partial charge in [-0.2, -0.15) is 0 Å². The molecular formula is C19H22. The summed E-state index contributed by atoms with van der Waals surface area (Å²) in [6.45, 7) is 4.49. The molecule has 2 rings (SSSR count). The average Bonchev–Trinajstić information content (AvgIpc) is 2.47. The van der Waals surface area contributed by atoms with Gasteiger partial charge in [-0.05, 0) is 30.9 Å². The minimum Gasteiger partial charge on any atom is -0.0778 e. The van der Waals surface area contributed by atoms with Gasteiger partial charge in [-0.1, -0.05) is 79.2 Å². The fourth-order valence-corrected chi connectivity index (χ4v) is 2.47. The van der Waals surface area contributed by atoms with E-state index in [1.165, 1.54) is 16.7 Å². The molecule has 98 valence electrons. The summed E-state index contributed by atoms with van der Waals surface area (Å²) in [5, 5.41) is 0. The summed E-state index contributed by atoms with van der Waals surface area (Å²) in [4.78, 5) is 0. The number of hydrogen-bond acceptors (Lipinski definition) is 0. The zero-order valence-corrected chi connectivity index (χ0v) is 11.8. The molecule has 0 fully saturated rings. The summed E-state index contributed by atoms with van der Waals surface area (Å²) in [5.41, 5.74) is 4.25. The van der Waals surface area contributed by atoms with E-state index in [0.29, 0.717) is 5.92 Å². The molecule has 19 heavy (non-hydrogen) atoms. The molecule has 1 unspecified atom stereocenters. The summed E-state index contributed by atoms with van der Waals surface area (Å²) in [6.07, 6.45) is 4.61. The van der Waals surface area contributed by atoms with Crippen LogP contribution in [0.25, 0.3) is 0 Å². The normalized spacial score (nSPS) is 13.3. The van der Waals surface area contributed by atoms with Crippen molar-refractivity contribution in [3.63, 3.8) is 0 Å². The highest BCUT2D eigenvalue weighted by atomic mass is 14.1. The molecule has 2 aromatic carbocycles. The van der Waals surface area contributed by atoms with E-state index < -0.39 is 0 Å². The number of allylic oxidation sites excluding steroid dienone is 2. The summed E-state index contributed by atoms with van der Waals surface area (Å²) < 4.78 is 0. The SMILES string of the molecule is CCC(C=C(C)Cc1ccccc1)c1ccccc1. The maximum atomic E-state index is 2.42. The number of benzene rings is 2. The maximum absolute atomic E-state index is 2.42. The fraction of sp³-hybridized carbons (Fsp3) is 0.263. The van der Waals surface area contributed by atoms with Crippen molar-refractivity contribution < 1.29 is 0 Å². The van der Waals surface area contributed by atoms with Crippen LogP contribution >= 0.6 is 0 Å². The largest absolute Gasteiger partial charge is 0.0778 e. The molecule has 0 saturated heterocycles. The van der Waals surface area contributed by atoms with Crippen molar-refractivity contribution in [2.75, 3.05) is 0 Å². The Morgan fingerprint density at radius 1 is 0.947 bits per heavy atom. The first-order valence-electron chi connectivity index (χ1n) is 7.05. The Kier molecular flexibility index (Phi) is 4.97. The molecule has 0 aliphatic rings. The van der Waals surface area contributed by atoms with Crippen LogP contribution in [0.4, 0.5) is 0 Å². The Balaban J connectivity index is 2.10. The lowest BCUT2D eigenvalue weighted by molar-refractivity contribution is 0.794. The van der Waals surface area contributed by atoms with Crippen LogP contribution in [-0.4, -0.2) is 0 Å². The first kappa shape index (κ1) is 13.6. The Labute approximate surface area is 116 Å². The fourth-order valence-electron chi connectivity index (χ4n) is 2.47. The van der Waals surface area contributed by atoms with Crippen LogP contribution in [0.2, 0.25) is 0 Å². The second-order valence-electron chi connectivity index (χ2n) is 5.10. The molecule has 2 aromatic rings. The molecular weight excluding hydrogens is 228 g/mol. The van der Waals surface area contributed by atoms with Crippen LogP contribution in [0.15, 0.2) is 72.3 Å². The molecule has 0 aromatic heterocycles. The van der Waals surface area contributed by atoms with Crippen molar-refractivity contribution in [1.82, 2.24) is 0 Å². The van der Waals surface area contributed by atoms with Crippen LogP contribution in [0.1, 0.15) is 37.3 Å². The monoisotopic (exact) mass is 250 g/mol. The van der Waals surface area contributed by atoms with Crippen molar-refractivity contribution in [3.05, 3.63) is 83.4 Å². The standard InChI is InChI=1S/C19H22/c1-3-18(19-12-8-5-9-13-19)15-16(2)14-17-10-6-4-7-11-17/h4-13,15,18H,3,14H2,1-2H3. The number of rotatable bonds is 5. The van der Waals surface area contributed by atoms with Crippen LogP contribution in [0, 0.1) is 0 Å². The third-order valence-corrected chi connectivity index (χ3v) is 3.48. The first-order valence-corrected chi connectivity index (χ1v) is 7.05. The Morgan fingerprint density at radius 3 is 2.11 bits per heavy atom. The molecule has 0 nitrogen and oxygen atoms in total. The quantitative estimate of drug-likeness (QED) is 0.626. The smallest absolute Gasteiger partial charge is 0.00180 e. The molecule has 0 radical (unpaired) electrons. The molecule has 0 heterocycles. The van der Waals surface area contributed by atoms with E-state index in [1.54, 1.807) is 0 Å². The Morgan fingerprint density at radius 2 is 1.53 bits per heavy atom. The van der Waals surface area contributed by atoms with Crippen LogP contribution in [-0.2, 0) is 6.42 Å². The van der Waals surface area contributed by atoms with Gasteiger partial charge >= 0.3 is 0 Å². The predicted molar refractivity (Wildman–Crippen MR) is 83.4 cm³/mol. The van der Waals surface area contributed by atoms with Gasteiger partial charge in [0.15, 0.2) is 0 Å². The van der Waals surface area contributed by atoms with Crippen molar-refractivity contribution in [2.45, 2.75) is 32.6 Å². The van der Waals surface area contributed by atoms with E-state index in [2.05, 4.69) is 80.6 Å². The molecule has 0 aliphatic heterocycles. The van der Waals surface area contributed by atoms with Gasteiger partial charge in [-0.25, -0.2) is 0 Å². The van der Waals surface area contributed by atoms with Gasteiger partial charge in [0, 0.05) is 5.92 Å². The first-order chi connectivity index (χ1) is 9.29. The third-order valence-electron chi connectivity index (χ3n) is 3.48. The van der Waals surface area contributed by atoms with E-state index in [9.17, 15) is 0 Å². The maximum Gasteiger partial charge on any atom is 0.00180 e. The highest BCUT2D eigenvalue weighted by molar-refractivity contribution is 5.27. The number of hydrogen-bond donors (Lipinski definition) is 0. The topological polar surface area (TPSA) is 0 Å². The van der Waals surface area contributed by atoms with Gasteiger partial charge in [0.2, 0.25) is 0 Å². The summed E-state index contributed by atoms with van der Waals surface area (Å²) in [5.74, 6) is 0.532. The molecule has 0 N–H and O–H groups in total. The Bertz CT molecular complexity index is 508. The average molecular weight is 250 g/mol. The van der Waals surface area contributed by atoms with E-state index in [0.717, 1.165) is 12.8 Å². The van der Waals surface area contributed by atoms with Crippen LogP contribution in [0.3, 0.4) is 0 Å². The van der Waals surface area contributed by atoms with Crippen molar-refractivity contribution in [1.29, 1.82) is 0 Å². The lowest BCUT2D eigenvalue weighted by atomic mass is 9.93. The predicted octanol–water partition coefficient (Wildman–Crippen LogP) is 5.37. The molecule has 0 aliphatic carbocycles. The van der Waals surface area contributed by atoms with E-state index in [4.69, 9.17) is 0 Å². The van der Waals surface area contributed by atoms with E-state index >= 15 is 0 Å². The summed E-state index contributed by atoms with van der Waals surface area (Å²) in [6, 6.07) is 21.5. The molecule has 1 atom stereocenters. The van der Waals surface area contributed by atoms with Gasteiger partial charge in [0.25, 0.3) is 0 Å². The van der Waals surface area contributed by atoms with Gasteiger partial charge in [0.05, 0.1) is 0 Å². The second kappa shape index (κ2) is 6.94. The molecule has 0 saturated carbocycles. The lowest BCUT2D eigenvalue weighted by Gasteiger charge is -2.12. The molecule has 0 bridgehead atoms. The van der Waals surface area contributed by atoms with E-state index in [-0.39, 0.29) is 0 Å². The minimum atomic E-state index is 0.532.